The lowest BCUT2D eigenvalue weighted by Crippen LogP contribution is -2.40. The van der Waals surface area contributed by atoms with Crippen LogP contribution in [-0.4, -0.2) is 47.7 Å². The fourth-order valence-electron chi connectivity index (χ4n) is 2.13. The predicted octanol–water partition coefficient (Wildman–Crippen LogP) is 0.994. The van der Waals surface area contributed by atoms with Crippen molar-refractivity contribution in [3.63, 3.8) is 0 Å². The molecular weight excluding hydrogens is 216 g/mol. The zero-order valence-electron chi connectivity index (χ0n) is 11.3. The highest BCUT2D eigenvalue weighted by molar-refractivity contribution is 5.78. The summed E-state index contributed by atoms with van der Waals surface area (Å²) in [5.41, 5.74) is 0. The lowest BCUT2D eigenvalue weighted by Gasteiger charge is -2.20. The van der Waals surface area contributed by atoms with Crippen LogP contribution in [0.1, 0.15) is 40.0 Å². The Morgan fingerprint density at radius 1 is 1.47 bits per heavy atom. The van der Waals surface area contributed by atoms with E-state index in [-0.39, 0.29) is 12.0 Å². The lowest BCUT2D eigenvalue weighted by atomic mass is 10.0. The van der Waals surface area contributed by atoms with Gasteiger partial charge in [0, 0.05) is 12.6 Å². The van der Waals surface area contributed by atoms with Crippen LogP contribution >= 0.6 is 0 Å². The van der Waals surface area contributed by atoms with Crippen molar-refractivity contribution in [2.75, 3.05) is 19.6 Å². The maximum Gasteiger partial charge on any atom is 0.234 e. The third-order valence-electron chi connectivity index (χ3n) is 3.21. The summed E-state index contributed by atoms with van der Waals surface area (Å²) in [6.07, 6.45) is 2.92. The maximum absolute atomic E-state index is 11.7. The second-order valence-electron chi connectivity index (χ2n) is 5.29. The molecule has 0 aliphatic heterocycles. The van der Waals surface area contributed by atoms with Crippen LogP contribution < -0.4 is 5.32 Å². The molecule has 1 rings (SSSR count). The second-order valence-corrected chi connectivity index (χ2v) is 5.29. The van der Waals surface area contributed by atoms with Crippen molar-refractivity contribution < 1.29 is 9.90 Å². The van der Waals surface area contributed by atoms with Gasteiger partial charge in [0.1, 0.15) is 0 Å². The number of hydrogen-bond acceptors (Lipinski definition) is 3. The molecule has 0 aromatic rings. The van der Waals surface area contributed by atoms with E-state index in [9.17, 15) is 9.90 Å². The zero-order chi connectivity index (χ0) is 12.8. The Balaban J connectivity index is 2.15. The third-order valence-corrected chi connectivity index (χ3v) is 3.21. The first-order chi connectivity index (χ1) is 8.02. The predicted molar refractivity (Wildman–Crippen MR) is 68.7 cm³/mol. The molecule has 0 radical (unpaired) electrons. The summed E-state index contributed by atoms with van der Waals surface area (Å²) in [5.74, 6) is 0.436. The van der Waals surface area contributed by atoms with Crippen molar-refractivity contribution >= 4 is 5.91 Å². The Hall–Kier alpha value is -0.610. The van der Waals surface area contributed by atoms with E-state index in [2.05, 4.69) is 17.1 Å². The number of carbonyl (C=O) groups excluding carboxylic acids is 1. The fraction of sp³-hybridized carbons (Fsp3) is 0.923. The Kier molecular flexibility index (Phi) is 5.92. The molecule has 1 amide bonds. The molecular formula is C13H26N2O2. The number of rotatable bonds is 8. The van der Waals surface area contributed by atoms with Crippen molar-refractivity contribution in [1.82, 2.24) is 10.2 Å². The van der Waals surface area contributed by atoms with Crippen LogP contribution in [0.5, 0.6) is 0 Å². The van der Waals surface area contributed by atoms with E-state index in [4.69, 9.17) is 0 Å². The lowest BCUT2D eigenvalue weighted by molar-refractivity contribution is -0.122. The van der Waals surface area contributed by atoms with E-state index in [1.54, 1.807) is 6.92 Å². The second kappa shape index (κ2) is 6.97. The minimum Gasteiger partial charge on any atom is -0.393 e. The summed E-state index contributed by atoms with van der Waals surface area (Å²) in [5, 5.41) is 12.2. The van der Waals surface area contributed by atoms with E-state index < -0.39 is 0 Å². The zero-order valence-corrected chi connectivity index (χ0v) is 11.3. The number of nitrogens with one attached hydrogen (secondary N) is 1. The number of nitrogens with zero attached hydrogens (tertiary/aromatic N) is 1. The van der Waals surface area contributed by atoms with E-state index in [0.717, 1.165) is 13.0 Å². The van der Waals surface area contributed by atoms with Crippen LogP contribution in [0.3, 0.4) is 0 Å². The van der Waals surface area contributed by atoms with Gasteiger partial charge >= 0.3 is 0 Å². The largest absolute Gasteiger partial charge is 0.393 e. The smallest absolute Gasteiger partial charge is 0.234 e. The first-order valence-electron chi connectivity index (χ1n) is 6.71. The number of hydrogen-bond donors (Lipinski definition) is 2. The van der Waals surface area contributed by atoms with Gasteiger partial charge in [0.25, 0.3) is 0 Å². The first-order valence-corrected chi connectivity index (χ1v) is 6.71. The molecule has 0 bridgehead atoms. The number of carbonyl (C=O) groups is 1. The molecule has 2 atom stereocenters. The van der Waals surface area contributed by atoms with Gasteiger partial charge in [-0.3, -0.25) is 9.69 Å². The van der Waals surface area contributed by atoms with Crippen LogP contribution in [0.4, 0.5) is 0 Å². The third kappa shape index (κ3) is 6.03. The average Bonchev–Trinajstić information content (AvgIpc) is 3.06. The Morgan fingerprint density at radius 3 is 2.59 bits per heavy atom. The van der Waals surface area contributed by atoms with Gasteiger partial charge in [-0.15, -0.1) is 0 Å². The molecule has 0 spiro atoms. The molecule has 0 saturated heterocycles. The number of aliphatic hydroxyl groups excluding tert-OH is 1. The molecule has 1 saturated carbocycles. The summed E-state index contributed by atoms with van der Waals surface area (Å²) >= 11 is 0. The van der Waals surface area contributed by atoms with Crippen molar-refractivity contribution in [1.29, 1.82) is 0 Å². The first kappa shape index (κ1) is 14.5. The summed E-state index contributed by atoms with van der Waals surface area (Å²) in [4.78, 5) is 14.0. The monoisotopic (exact) mass is 242 g/mol. The minimum atomic E-state index is -0.291. The molecule has 2 N–H and O–H groups in total. The Labute approximate surface area is 104 Å². The number of aliphatic hydroxyl groups is 1. The molecule has 0 aromatic carbocycles. The minimum absolute atomic E-state index is 0.108. The molecule has 2 unspecified atom stereocenters. The van der Waals surface area contributed by atoms with Crippen molar-refractivity contribution in [2.24, 2.45) is 5.92 Å². The normalized spacial score (nSPS) is 19.1. The highest BCUT2D eigenvalue weighted by Gasteiger charge is 2.28. The van der Waals surface area contributed by atoms with Gasteiger partial charge in [-0.05, 0) is 38.6 Å². The summed E-state index contributed by atoms with van der Waals surface area (Å²) in [7, 11) is 0. The molecule has 100 valence electrons. The highest BCUT2D eigenvalue weighted by atomic mass is 16.3. The van der Waals surface area contributed by atoms with E-state index in [1.165, 1.54) is 12.8 Å². The van der Waals surface area contributed by atoms with E-state index in [0.29, 0.717) is 25.0 Å². The molecule has 1 aliphatic carbocycles. The molecule has 17 heavy (non-hydrogen) atoms. The van der Waals surface area contributed by atoms with Crippen LogP contribution in [0.2, 0.25) is 0 Å². The SMILES string of the molecule is CCN(CC(=O)NCC(C)CC(C)O)C1CC1. The van der Waals surface area contributed by atoms with Gasteiger partial charge < -0.3 is 10.4 Å². The van der Waals surface area contributed by atoms with Crippen molar-refractivity contribution in [3.05, 3.63) is 0 Å². The van der Waals surface area contributed by atoms with Gasteiger partial charge in [0.15, 0.2) is 0 Å². The van der Waals surface area contributed by atoms with Crippen LogP contribution in [0, 0.1) is 5.92 Å². The maximum atomic E-state index is 11.7. The molecule has 4 nitrogen and oxygen atoms in total. The number of amides is 1. The molecule has 0 aromatic heterocycles. The summed E-state index contributed by atoms with van der Waals surface area (Å²) in [6.45, 7) is 8.05. The molecule has 0 heterocycles. The topological polar surface area (TPSA) is 52.6 Å². The van der Waals surface area contributed by atoms with E-state index >= 15 is 0 Å². The summed E-state index contributed by atoms with van der Waals surface area (Å²) < 4.78 is 0. The fourth-order valence-corrected chi connectivity index (χ4v) is 2.13. The van der Waals surface area contributed by atoms with Gasteiger partial charge in [-0.1, -0.05) is 13.8 Å². The van der Waals surface area contributed by atoms with Gasteiger partial charge in [0.05, 0.1) is 12.6 Å². The van der Waals surface area contributed by atoms with Gasteiger partial charge in [-0.25, -0.2) is 0 Å². The molecule has 1 aliphatic rings. The molecule has 4 heteroatoms. The number of likely N-dealkylation sites (N-methyl/N-ethyl adjacent to an activating group) is 1. The van der Waals surface area contributed by atoms with Crippen LogP contribution in [-0.2, 0) is 4.79 Å². The van der Waals surface area contributed by atoms with Crippen molar-refractivity contribution in [2.45, 2.75) is 52.2 Å². The van der Waals surface area contributed by atoms with E-state index in [1.807, 2.05) is 6.92 Å². The van der Waals surface area contributed by atoms with Crippen molar-refractivity contribution in [3.8, 4) is 0 Å². The average molecular weight is 242 g/mol. The highest BCUT2D eigenvalue weighted by Crippen LogP contribution is 2.25. The Morgan fingerprint density at radius 2 is 2.12 bits per heavy atom. The molecule has 1 fully saturated rings. The quantitative estimate of drug-likeness (QED) is 0.667. The van der Waals surface area contributed by atoms with Crippen LogP contribution in [0.15, 0.2) is 0 Å². The van der Waals surface area contributed by atoms with Crippen LogP contribution in [0.25, 0.3) is 0 Å². The van der Waals surface area contributed by atoms with Gasteiger partial charge in [-0.2, -0.15) is 0 Å². The standard InChI is InChI=1S/C13H26N2O2/c1-4-15(12-5-6-12)9-13(17)14-8-10(2)7-11(3)16/h10-12,16H,4-9H2,1-3H3,(H,14,17). The summed E-state index contributed by atoms with van der Waals surface area (Å²) in [6, 6.07) is 0.639. The van der Waals surface area contributed by atoms with Gasteiger partial charge in [0.2, 0.25) is 5.91 Å². The Bertz CT molecular complexity index is 240.